The maximum absolute atomic E-state index is 12.4. The van der Waals surface area contributed by atoms with Crippen molar-refractivity contribution in [3.05, 3.63) is 22.7 Å². The molecule has 0 bridgehead atoms. The predicted molar refractivity (Wildman–Crippen MR) is 84.5 cm³/mol. The van der Waals surface area contributed by atoms with Gasteiger partial charge in [-0.2, -0.15) is 0 Å². The van der Waals surface area contributed by atoms with Gasteiger partial charge in [0.2, 0.25) is 5.91 Å². The van der Waals surface area contributed by atoms with Gasteiger partial charge in [-0.25, -0.2) is 0 Å². The summed E-state index contributed by atoms with van der Waals surface area (Å²) in [5, 5.41) is 6.42. The fourth-order valence-corrected chi connectivity index (χ4v) is 3.77. The first kappa shape index (κ1) is 13.9. The minimum Gasteiger partial charge on any atom is -0.397 e. The first-order valence-electron chi connectivity index (χ1n) is 7.25. The number of rotatable bonds is 2. The van der Waals surface area contributed by atoms with Crippen molar-refractivity contribution in [2.45, 2.75) is 44.2 Å². The number of halogens is 1. The molecular weight excluding hydrogens is 318 g/mol. The Morgan fingerprint density at radius 2 is 2.15 bits per heavy atom. The van der Waals surface area contributed by atoms with E-state index in [0.717, 1.165) is 10.9 Å². The Kier molecular flexibility index (Phi) is 3.98. The molecule has 2 fully saturated rings. The number of amides is 1. The van der Waals surface area contributed by atoms with Crippen LogP contribution in [0.2, 0.25) is 0 Å². The van der Waals surface area contributed by atoms with Crippen molar-refractivity contribution in [2.24, 2.45) is 5.92 Å². The van der Waals surface area contributed by atoms with E-state index < -0.39 is 0 Å². The third-order valence-corrected chi connectivity index (χ3v) is 4.94. The molecule has 5 heteroatoms. The molecule has 3 atom stereocenters. The Bertz CT molecular complexity index is 506. The lowest BCUT2D eigenvalue weighted by Gasteiger charge is -2.24. The average Bonchev–Trinajstić information content (AvgIpc) is 2.86. The van der Waals surface area contributed by atoms with Crippen LogP contribution in [0.25, 0.3) is 0 Å². The van der Waals surface area contributed by atoms with Crippen LogP contribution in [0.3, 0.4) is 0 Å². The lowest BCUT2D eigenvalue weighted by atomic mass is 9.85. The van der Waals surface area contributed by atoms with Crippen LogP contribution in [-0.4, -0.2) is 18.0 Å². The molecule has 1 saturated carbocycles. The fraction of sp³-hybridized carbons (Fsp3) is 0.533. The third kappa shape index (κ3) is 2.83. The number of nitrogens with one attached hydrogen (secondary N) is 2. The normalized spacial score (nSPS) is 28.9. The van der Waals surface area contributed by atoms with E-state index in [9.17, 15) is 4.79 Å². The van der Waals surface area contributed by atoms with Gasteiger partial charge in [-0.15, -0.1) is 0 Å². The van der Waals surface area contributed by atoms with Crippen molar-refractivity contribution >= 4 is 33.2 Å². The monoisotopic (exact) mass is 337 g/mol. The van der Waals surface area contributed by atoms with E-state index in [0.29, 0.717) is 23.3 Å². The SMILES string of the molecule is Nc1cc(Br)ccc1NC(=O)C1CC2CCCC[C@@H]2N1. The first-order valence-corrected chi connectivity index (χ1v) is 8.05. The van der Waals surface area contributed by atoms with Crippen molar-refractivity contribution in [3.8, 4) is 0 Å². The smallest absolute Gasteiger partial charge is 0.241 e. The van der Waals surface area contributed by atoms with Crippen LogP contribution in [0.15, 0.2) is 22.7 Å². The van der Waals surface area contributed by atoms with E-state index in [1.54, 1.807) is 6.07 Å². The molecular formula is C15H20BrN3O. The fourth-order valence-electron chi connectivity index (χ4n) is 3.39. The molecule has 4 N–H and O–H groups in total. The minimum atomic E-state index is -0.0776. The Labute approximate surface area is 127 Å². The van der Waals surface area contributed by atoms with Crippen LogP contribution in [0.1, 0.15) is 32.1 Å². The van der Waals surface area contributed by atoms with E-state index in [1.807, 2.05) is 12.1 Å². The summed E-state index contributed by atoms with van der Waals surface area (Å²) < 4.78 is 0.915. The highest BCUT2D eigenvalue weighted by Crippen LogP contribution is 2.33. The summed E-state index contributed by atoms with van der Waals surface area (Å²) in [7, 11) is 0. The van der Waals surface area contributed by atoms with Crippen molar-refractivity contribution in [1.29, 1.82) is 0 Å². The van der Waals surface area contributed by atoms with Gasteiger partial charge in [0.05, 0.1) is 17.4 Å². The van der Waals surface area contributed by atoms with Gasteiger partial charge < -0.3 is 16.4 Å². The van der Waals surface area contributed by atoms with E-state index >= 15 is 0 Å². The Balaban J connectivity index is 1.65. The van der Waals surface area contributed by atoms with Gasteiger partial charge in [0, 0.05) is 10.5 Å². The number of benzene rings is 1. The van der Waals surface area contributed by atoms with Crippen LogP contribution in [0, 0.1) is 5.92 Å². The zero-order chi connectivity index (χ0) is 14.1. The number of hydrogen-bond acceptors (Lipinski definition) is 3. The van der Waals surface area contributed by atoms with Crippen LogP contribution < -0.4 is 16.4 Å². The average molecular weight is 338 g/mol. The molecule has 1 aromatic carbocycles. The molecule has 4 nitrogen and oxygen atoms in total. The van der Waals surface area contributed by atoms with Gasteiger partial charge in [0.1, 0.15) is 0 Å². The zero-order valence-electron chi connectivity index (χ0n) is 11.4. The molecule has 3 rings (SSSR count). The second-order valence-corrected chi connectivity index (χ2v) is 6.74. The molecule has 0 radical (unpaired) electrons. The largest absolute Gasteiger partial charge is 0.397 e. The second-order valence-electron chi connectivity index (χ2n) is 5.83. The highest BCUT2D eigenvalue weighted by atomic mass is 79.9. The summed E-state index contributed by atoms with van der Waals surface area (Å²) in [4.78, 5) is 12.4. The number of anilines is 2. The van der Waals surface area contributed by atoms with Gasteiger partial charge in [-0.3, -0.25) is 4.79 Å². The van der Waals surface area contributed by atoms with E-state index in [4.69, 9.17) is 5.73 Å². The second kappa shape index (κ2) is 5.74. The molecule has 1 saturated heterocycles. The van der Waals surface area contributed by atoms with Crippen LogP contribution >= 0.6 is 15.9 Å². The summed E-state index contributed by atoms with van der Waals surface area (Å²) in [6, 6.07) is 5.97. The van der Waals surface area contributed by atoms with Gasteiger partial charge in [-0.1, -0.05) is 28.8 Å². The summed E-state index contributed by atoms with van der Waals surface area (Å²) in [6.45, 7) is 0. The Hall–Kier alpha value is -1.07. The van der Waals surface area contributed by atoms with Gasteiger partial charge >= 0.3 is 0 Å². The zero-order valence-corrected chi connectivity index (χ0v) is 12.9. The molecule has 1 amide bonds. The van der Waals surface area contributed by atoms with E-state index in [1.165, 1.54) is 25.7 Å². The molecule has 0 spiro atoms. The van der Waals surface area contributed by atoms with Crippen molar-refractivity contribution in [3.63, 3.8) is 0 Å². The summed E-state index contributed by atoms with van der Waals surface area (Å²) in [5.41, 5.74) is 7.20. The summed E-state index contributed by atoms with van der Waals surface area (Å²) in [6.07, 6.45) is 5.99. The highest BCUT2D eigenvalue weighted by molar-refractivity contribution is 9.10. The molecule has 1 aliphatic carbocycles. The standard InChI is InChI=1S/C15H20BrN3O/c16-10-5-6-13(11(17)8-10)19-15(20)14-7-9-3-1-2-4-12(9)18-14/h5-6,8-9,12,14,18H,1-4,7,17H2,(H,19,20)/t9?,12-,14?/m0/s1. The molecule has 1 aromatic rings. The lowest BCUT2D eigenvalue weighted by molar-refractivity contribution is -0.117. The highest BCUT2D eigenvalue weighted by Gasteiger charge is 2.38. The number of carbonyl (C=O) groups is 1. The number of nitrogen functional groups attached to an aromatic ring is 1. The first-order chi connectivity index (χ1) is 9.63. The predicted octanol–water partition coefficient (Wildman–Crippen LogP) is 2.89. The summed E-state index contributed by atoms with van der Waals surface area (Å²) in [5.74, 6) is 0.704. The van der Waals surface area contributed by atoms with Gasteiger partial charge in [0.25, 0.3) is 0 Å². The molecule has 20 heavy (non-hydrogen) atoms. The van der Waals surface area contributed by atoms with Crippen molar-refractivity contribution in [2.75, 3.05) is 11.1 Å². The molecule has 1 heterocycles. The van der Waals surface area contributed by atoms with Crippen LogP contribution in [0.5, 0.6) is 0 Å². The Morgan fingerprint density at radius 1 is 1.35 bits per heavy atom. The number of nitrogens with two attached hydrogens (primary N) is 1. The molecule has 2 unspecified atom stereocenters. The number of hydrogen-bond donors (Lipinski definition) is 3. The van der Waals surface area contributed by atoms with Crippen molar-refractivity contribution in [1.82, 2.24) is 5.32 Å². The quantitative estimate of drug-likeness (QED) is 0.727. The summed E-state index contributed by atoms with van der Waals surface area (Å²) >= 11 is 3.37. The van der Waals surface area contributed by atoms with Gasteiger partial charge in [0.15, 0.2) is 0 Å². The Morgan fingerprint density at radius 3 is 2.90 bits per heavy atom. The molecule has 1 aliphatic heterocycles. The van der Waals surface area contributed by atoms with Crippen LogP contribution in [-0.2, 0) is 4.79 Å². The number of carbonyl (C=O) groups excluding carboxylic acids is 1. The van der Waals surface area contributed by atoms with Crippen LogP contribution in [0.4, 0.5) is 11.4 Å². The minimum absolute atomic E-state index is 0.0356. The third-order valence-electron chi connectivity index (χ3n) is 4.45. The van der Waals surface area contributed by atoms with E-state index in [2.05, 4.69) is 26.6 Å². The topological polar surface area (TPSA) is 67.1 Å². The lowest BCUT2D eigenvalue weighted by Crippen LogP contribution is -2.40. The van der Waals surface area contributed by atoms with Crippen molar-refractivity contribution < 1.29 is 4.79 Å². The molecule has 2 aliphatic rings. The maximum Gasteiger partial charge on any atom is 0.241 e. The molecule has 108 valence electrons. The molecule has 0 aromatic heterocycles. The van der Waals surface area contributed by atoms with Gasteiger partial charge in [-0.05, 0) is 43.4 Å². The maximum atomic E-state index is 12.4. The number of fused-ring (bicyclic) bond motifs is 1. The van der Waals surface area contributed by atoms with E-state index in [-0.39, 0.29) is 11.9 Å².